The van der Waals surface area contributed by atoms with Crippen molar-refractivity contribution in [3.63, 3.8) is 0 Å². The molecule has 5 heteroatoms. The van der Waals surface area contributed by atoms with Crippen LogP contribution in [0.25, 0.3) is 11.0 Å². The van der Waals surface area contributed by atoms with Crippen molar-refractivity contribution in [3.05, 3.63) is 60.6 Å². The van der Waals surface area contributed by atoms with E-state index in [1.165, 1.54) is 0 Å². The first-order chi connectivity index (χ1) is 11.7. The first-order valence-corrected chi connectivity index (χ1v) is 8.27. The number of pyridine rings is 1. The molecule has 0 bridgehead atoms. The Kier molecular flexibility index (Phi) is 3.84. The largest absolute Gasteiger partial charge is 0.355 e. The van der Waals surface area contributed by atoms with Gasteiger partial charge in [-0.05, 0) is 37.1 Å². The molecule has 2 aromatic heterocycles. The second-order valence-corrected chi connectivity index (χ2v) is 6.35. The summed E-state index contributed by atoms with van der Waals surface area (Å²) in [6.07, 6.45) is 4.85. The molecule has 0 atom stereocenters. The number of benzene rings is 1. The third-order valence-electron chi connectivity index (χ3n) is 4.64. The molecule has 122 valence electrons. The first-order valence-electron chi connectivity index (χ1n) is 8.27. The van der Waals surface area contributed by atoms with Crippen LogP contribution in [0.5, 0.6) is 0 Å². The minimum Gasteiger partial charge on any atom is -0.355 e. The Morgan fingerprint density at radius 3 is 2.46 bits per heavy atom. The van der Waals surface area contributed by atoms with Crippen LogP contribution in [-0.2, 0) is 6.42 Å². The van der Waals surface area contributed by atoms with E-state index in [1.807, 2.05) is 42.5 Å². The standard InChI is InChI=1S/C19H19FN4/c20-19(13-15-5-3-4-10-21-15)8-11-24(12-9-19)18-14-22-16-6-1-2-7-17(16)23-18/h1-7,10,14H,8-9,11-13H2. The number of rotatable bonds is 3. The first kappa shape index (κ1) is 15.0. The monoisotopic (exact) mass is 322 g/mol. The fourth-order valence-electron chi connectivity index (χ4n) is 3.24. The second-order valence-electron chi connectivity index (χ2n) is 6.35. The average Bonchev–Trinajstić information content (AvgIpc) is 2.62. The number of fused-ring (bicyclic) bond motifs is 1. The number of aromatic nitrogens is 3. The maximum atomic E-state index is 15.1. The van der Waals surface area contributed by atoms with E-state index in [2.05, 4.69) is 19.9 Å². The van der Waals surface area contributed by atoms with Crippen LogP contribution >= 0.6 is 0 Å². The second kappa shape index (κ2) is 6.15. The van der Waals surface area contributed by atoms with Crippen LogP contribution in [0.15, 0.2) is 54.9 Å². The zero-order valence-electron chi connectivity index (χ0n) is 13.4. The van der Waals surface area contributed by atoms with Gasteiger partial charge in [0.25, 0.3) is 0 Å². The van der Waals surface area contributed by atoms with Gasteiger partial charge in [-0.15, -0.1) is 0 Å². The summed E-state index contributed by atoms with van der Waals surface area (Å²) >= 11 is 0. The van der Waals surface area contributed by atoms with Crippen LogP contribution in [0.3, 0.4) is 0 Å². The van der Waals surface area contributed by atoms with E-state index < -0.39 is 5.67 Å². The quantitative estimate of drug-likeness (QED) is 0.739. The fraction of sp³-hybridized carbons (Fsp3) is 0.316. The van der Waals surface area contributed by atoms with Gasteiger partial charge in [-0.2, -0.15) is 0 Å². The Hall–Kier alpha value is -2.56. The zero-order chi connectivity index (χ0) is 16.4. The van der Waals surface area contributed by atoms with E-state index in [9.17, 15) is 0 Å². The molecule has 0 amide bonds. The molecule has 0 saturated carbocycles. The van der Waals surface area contributed by atoms with Crippen molar-refractivity contribution >= 4 is 16.9 Å². The highest BCUT2D eigenvalue weighted by Gasteiger charge is 2.35. The molecule has 0 radical (unpaired) electrons. The molecule has 0 unspecified atom stereocenters. The van der Waals surface area contributed by atoms with Gasteiger partial charge in [0.2, 0.25) is 0 Å². The molecule has 1 saturated heterocycles. The van der Waals surface area contributed by atoms with E-state index >= 15 is 4.39 Å². The van der Waals surface area contributed by atoms with E-state index in [-0.39, 0.29) is 0 Å². The summed E-state index contributed by atoms with van der Waals surface area (Å²) in [5.41, 5.74) is 1.39. The van der Waals surface area contributed by atoms with Crippen molar-refractivity contribution < 1.29 is 4.39 Å². The maximum absolute atomic E-state index is 15.1. The minimum absolute atomic E-state index is 0.380. The van der Waals surface area contributed by atoms with Crippen molar-refractivity contribution in [2.24, 2.45) is 0 Å². The number of hydrogen-bond acceptors (Lipinski definition) is 4. The van der Waals surface area contributed by atoms with Gasteiger partial charge in [0.05, 0.1) is 17.2 Å². The number of hydrogen-bond donors (Lipinski definition) is 0. The lowest BCUT2D eigenvalue weighted by Gasteiger charge is -2.36. The molecule has 1 aliphatic rings. The number of alkyl halides is 1. The summed E-state index contributed by atoms with van der Waals surface area (Å²) in [6, 6.07) is 13.5. The van der Waals surface area contributed by atoms with E-state index in [0.29, 0.717) is 32.4 Å². The normalized spacial score (nSPS) is 17.1. The number of piperidine rings is 1. The van der Waals surface area contributed by atoms with Crippen LogP contribution in [0.1, 0.15) is 18.5 Å². The van der Waals surface area contributed by atoms with Gasteiger partial charge < -0.3 is 4.90 Å². The molecule has 3 aromatic rings. The summed E-state index contributed by atoms with van der Waals surface area (Å²) in [6.45, 7) is 1.30. The number of para-hydroxylation sites is 2. The lowest BCUT2D eigenvalue weighted by atomic mass is 9.88. The van der Waals surface area contributed by atoms with Gasteiger partial charge in [-0.25, -0.2) is 9.37 Å². The van der Waals surface area contributed by atoms with Crippen LogP contribution in [0, 0.1) is 0 Å². The van der Waals surface area contributed by atoms with Crippen molar-refractivity contribution in [2.45, 2.75) is 24.9 Å². The molecule has 1 aliphatic heterocycles. The van der Waals surface area contributed by atoms with Gasteiger partial charge >= 0.3 is 0 Å². The molecule has 24 heavy (non-hydrogen) atoms. The predicted molar refractivity (Wildman–Crippen MR) is 92.8 cm³/mol. The highest BCUT2D eigenvalue weighted by Crippen LogP contribution is 2.31. The molecule has 3 heterocycles. The molecular weight excluding hydrogens is 303 g/mol. The Balaban J connectivity index is 1.46. The van der Waals surface area contributed by atoms with Gasteiger partial charge in [-0.1, -0.05) is 18.2 Å². The van der Waals surface area contributed by atoms with Crippen molar-refractivity contribution in [2.75, 3.05) is 18.0 Å². The molecule has 1 aromatic carbocycles. The van der Waals surface area contributed by atoms with E-state index in [4.69, 9.17) is 0 Å². The Labute approximate surface area is 140 Å². The van der Waals surface area contributed by atoms with Gasteiger partial charge in [0, 0.05) is 31.4 Å². The van der Waals surface area contributed by atoms with Crippen LogP contribution in [-0.4, -0.2) is 33.7 Å². The summed E-state index contributed by atoms with van der Waals surface area (Å²) in [5, 5.41) is 0. The van der Waals surface area contributed by atoms with E-state index in [1.54, 1.807) is 12.4 Å². The van der Waals surface area contributed by atoms with Crippen LogP contribution in [0.2, 0.25) is 0 Å². The molecule has 4 nitrogen and oxygen atoms in total. The maximum Gasteiger partial charge on any atom is 0.147 e. The van der Waals surface area contributed by atoms with Crippen molar-refractivity contribution in [3.8, 4) is 0 Å². The predicted octanol–water partition coefficient (Wildman–Crippen LogP) is 3.58. The molecule has 1 fully saturated rings. The van der Waals surface area contributed by atoms with Gasteiger partial charge in [-0.3, -0.25) is 9.97 Å². The molecular formula is C19H19FN4. The third kappa shape index (κ3) is 3.07. The van der Waals surface area contributed by atoms with Crippen molar-refractivity contribution in [1.29, 1.82) is 0 Å². The van der Waals surface area contributed by atoms with Crippen molar-refractivity contribution in [1.82, 2.24) is 15.0 Å². The SMILES string of the molecule is FC1(Cc2ccccn2)CCN(c2cnc3ccccc3n2)CC1. The topological polar surface area (TPSA) is 41.9 Å². The minimum atomic E-state index is -1.19. The molecule has 4 rings (SSSR count). The summed E-state index contributed by atoms with van der Waals surface area (Å²) in [4.78, 5) is 15.5. The molecule has 0 aliphatic carbocycles. The van der Waals surface area contributed by atoms with Crippen LogP contribution < -0.4 is 4.90 Å². The lowest BCUT2D eigenvalue weighted by molar-refractivity contribution is 0.124. The lowest BCUT2D eigenvalue weighted by Crippen LogP contribution is -2.43. The Bertz CT molecular complexity index is 829. The van der Waals surface area contributed by atoms with Gasteiger partial charge in [0.1, 0.15) is 11.5 Å². The smallest absolute Gasteiger partial charge is 0.147 e. The molecule has 0 spiro atoms. The Morgan fingerprint density at radius 2 is 1.71 bits per heavy atom. The fourth-order valence-corrected chi connectivity index (χ4v) is 3.24. The number of nitrogens with zero attached hydrogens (tertiary/aromatic N) is 4. The number of halogens is 1. The highest BCUT2D eigenvalue weighted by atomic mass is 19.1. The summed E-state index contributed by atoms with van der Waals surface area (Å²) in [5.74, 6) is 0.827. The summed E-state index contributed by atoms with van der Waals surface area (Å²) < 4.78 is 15.1. The van der Waals surface area contributed by atoms with Crippen LogP contribution in [0.4, 0.5) is 10.2 Å². The summed E-state index contributed by atoms with van der Waals surface area (Å²) in [7, 11) is 0. The molecule has 0 N–H and O–H groups in total. The number of anilines is 1. The highest BCUT2D eigenvalue weighted by molar-refractivity contribution is 5.75. The average molecular weight is 322 g/mol. The Morgan fingerprint density at radius 1 is 0.958 bits per heavy atom. The zero-order valence-corrected chi connectivity index (χ0v) is 13.4. The third-order valence-corrected chi connectivity index (χ3v) is 4.64. The van der Waals surface area contributed by atoms with Gasteiger partial charge in [0.15, 0.2) is 0 Å². The van der Waals surface area contributed by atoms with E-state index in [0.717, 1.165) is 22.5 Å².